The van der Waals surface area contributed by atoms with Crippen LogP contribution in [0.25, 0.3) is 11.2 Å². The highest BCUT2D eigenvalue weighted by molar-refractivity contribution is 6.39. The van der Waals surface area contributed by atoms with Gasteiger partial charge >= 0.3 is 23.7 Å². The molecule has 1 fully saturated rings. The molecule has 0 spiro atoms. The summed E-state index contributed by atoms with van der Waals surface area (Å²) in [5, 5.41) is 2.37. The fraction of sp³-hybridized carbons (Fsp3) is 0.263. The van der Waals surface area contributed by atoms with E-state index in [0.29, 0.717) is 6.07 Å². The van der Waals surface area contributed by atoms with Crippen molar-refractivity contribution < 1.29 is 31.6 Å². The van der Waals surface area contributed by atoms with Crippen molar-refractivity contribution in [2.24, 2.45) is 0 Å². The number of aromatic nitrogens is 2. The molecule has 1 aliphatic rings. The number of oxazole rings is 1. The van der Waals surface area contributed by atoms with Crippen LogP contribution in [0.2, 0.25) is 0 Å². The van der Waals surface area contributed by atoms with E-state index in [0.717, 1.165) is 6.07 Å². The van der Waals surface area contributed by atoms with E-state index in [-0.39, 0.29) is 48.8 Å². The molecule has 3 heterocycles. The molecule has 2 N–H and O–H groups in total. The van der Waals surface area contributed by atoms with E-state index in [4.69, 9.17) is 4.42 Å². The minimum Gasteiger partial charge on any atom is -0.406 e. The lowest BCUT2D eigenvalue weighted by atomic mass is 10.1. The van der Waals surface area contributed by atoms with Crippen LogP contribution in [0.1, 0.15) is 5.56 Å². The molecule has 4 rings (SSSR count). The van der Waals surface area contributed by atoms with Gasteiger partial charge < -0.3 is 19.5 Å². The molecule has 32 heavy (non-hydrogen) atoms. The predicted molar refractivity (Wildman–Crippen MR) is 103 cm³/mol. The molecule has 0 atom stereocenters. The Morgan fingerprint density at radius 3 is 2.50 bits per heavy atom. The average molecular weight is 453 g/mol. The van der Waals surface area contributed by atoms with Crippen molar-refractivity contribution >= 4 is 34.4 Å². The van der Waals surface area contributed by atoms with Crippen molar-refractivity contribution in [2.45, 2.75) is 6.18 Å². The number of pyridine rings is 1. The van der Waals surface area contributed by atoms with E-state index in [1.165, 1.54) is 23.2 Å². The SMILES string of the molecule is O=C(Nc1cnc2[nH]c(=O)oc2c1)C(=O)N1CCN(c2ccc(C(F)(F)F)c(F)c2)CC1. The van der Waals surface area contributed by atoms with Crippen LogP contribution < -0.4 is 16.0 Å². The zero-order chi connectivity index (χ0) is 23.0. The Balaban J connectivity index is 1.37. The molecule has 13 heteroatoms. The standard InChI is InChI=1S/C19H15F4N5O4/c20-13-8-11(1-2-12(13)19(21,22)23)27-3-5-28(6-4-27)17(30)16(29)25-10-7-14-15(24-9-10)26-18(31)32-14/h1-2,7-9H,3-6H2,(H,25,29)(H,24,26,31). The summed E-state index contributed by atoms with van der Waals surface area (Å²) in [6.07, 6.45) is -3.54. The van der Waals surface area contributed by atoms with Gasteiger partial charge in [-0.3, -0.25) is 14.6 Å². The maximum atomic E-state index is 13.8. The number of benzene rings is 1. The van der Waals surface area contributed by atoms with Crippen molar-refractivity contribution in [2.75, 3.05) is 36.4 Å². The van der Waals surface area contributed by atoms with E-state index in [9.17, 15) is 31.9 Å². The Bertz CT molecular complexity index is 1240. The number of carbonyl (C=O) groups excluding carboxylic acids is 2. The van der Waals surface area contributed by atoms with Crippen LogP contribution in [-0.4, -0.2) is 52.9 Å². The topological polar surface area (TPSA) is 112 Å². The van der Waals surface area contributed by atoms with Crippen molar-refractivity contribution in [1.29, 1.82) is 0 Å². The van der Waals surface area contributed by atoms with Crippen LogP contribution in [0.4, 0.5) is 28.9 Å². The predicted octanol–water partition coefficient (Wildman–Crippen LogP) is 1.96. The maximum absolute atomic E-state index is 13.8. The molecule has 9 nitrogen and oxygen atoms in total. The summed E-state index contributed by atoms with van der Waals surface area (Å²) in [4.78, 5) is 45.0. The third-order valence-electron chi connectivity index (χ3n) is 4.92. The first-order valence-corrected chi connectivity index (χ1v) is 9.32. The zero-order valence-corrected chi connectivity index (χ0v) is 16.2. The molecule has 0 saturated carbocycles. The monoisotopic (exact) mass is 453 g/mol. The van der Waals surface area contributed by atoms with Crippen molar-refractivity contribution in [3.05, 3.63) is 52.4 Å². The molecule has 168 valence electrons. The number of carbonyl (C=O) groups is 2. The number of nitrogens with zero attached hydrogens (tertiary/aromatic N) is 3. The van der Waals surface area contributed by atoms with Gasteiger partial charge in [0.05, 0.1) is 17.4 Å². The summed E-state index contributed by atoms with van der Waals surface area (Å²) >= 11 is 0. The molecule has 1 saturated heterocycles. The Kier molecular flexibility index (Phi) is 5.32. The van der Waals surface area contributed by atoms with Crippen LogP contribution in [0, 0.1) is 5.82 Å². The highest BCUT2D eigenvalue weighted by Crippen LogP contribution is 2.33. The number of rotatable bonds is 2. The van der Waals surface area contributed by atoms with Gasteiger partial charge in [0.2, 0.25) is 0 Å². The van der Waals surface area contributed by atoms with Crippen molar-refractivity contribution in [3.8, 4) is 0 Å². The van der Waals surface area contributed by atoms with Gasteiger partial charge in [-0.15, -0.1) is 0 Å². The Labute approximate surface area is 176 Å². The third kappa shape index (κ3) is 4.26. The number of anilines is 2. The lowest BCUT2D eigenvalue weighted by Gasteiger charge is -2.35. The van der Waals surface area contributed by atoms with Gasteiger partial charge in [-0.25, -0.2) is 14.2 Å². The van der Waals surface area contributed by atoms with Crippen molar-refractivity contribution in [1.82, 2.24) is 14.9 Å². The van der Waals surface area contributed by atoms with Crippen LogP contribution in [-0.2, 0) is 15.8 Å². The second-order valence-corrected chi connectivity index (χ2v) is 6.98. The minimum absolute atomic E-state index is 0.109. The van der Waals surface area contributed by atoms with Gasteiger partial charge in [-0.1, -0.05) is 0 Å². The quantitative estimate of drug-likeness (QED) is 0.453. The van der Waals surface area contributed by atoms with Crippen LogP contribution >= 0.6 is 0 Å². The van der Waals surface area contributed by atoms with Crippen LogP contribution in [0.3, 0.4) is 0 Å². The van der Waals surface area contributed by atoms with Gasteiger partial charge in [0.15, 0.2) is 11.2 Å². The number of halogens is 4. The first-order chi connectivity index (χ1) is 15.1. The Morgan fingerprint density at radius 2 is 1.84 bits per heavy atom. The molecule has 2 amide bonds. The number of hydrogen-bond acceptors (Lipinski definition) is 6. The van der Waals surface area contributed by atoms with Gasteiger partial charge in [-0.2, -0.15) is 13.2 Å². The lowest BCUT2D eigenvalue weighted by molar-refractivity contribution is -0.143. The van der Waals surface area contributed by atoms with E-state index < -0.39 is 35.1 Å². The molecule has 0 unspecified atom stereocenters. The third-order valence-corrected chi connectivity index (χ3v) is 4.92. The zero-order valence-electron chi connectivity index (χ0n) is 16.2. The number of piperazine rings is 1. The summed E-state index contributed by atoms with van der Waals surface area (Å²) < 4.78 is 56.8. The van der Waals surface area contributed by atoms with Crippen molar-refractivity contribution in [3.63, 3.8) is 0 Å². The molecule has 0 aliphatic carbocycles. The molecular weight excluding hydrogens is 438 g/mol. The molecule has 1 aliphatic heterocycles. The number of fused-ring (bicyclic) bond motifs is 1. The van der Waals surface area contributed by atoms with E-state index in [2.05, 4.69) is 15.3 Å². The lowest BCUT2D eigenvalue weighted by Crippen LogP contribution is -2.51. The van der Waals surface area contributed by atoms with E-state index in [1.54, 1.807) is 4.90 Å². The fourth-order valence-electron chi connectivity index (χ4n) is 3.33. The summed E-state index contributed by atoms with van der Waals surface area (Å²) in [6.45, 7) is 0.620. The highest BCUT2D eigenvalue weighted by Gasteiger charge is 2.34. The first-order valence-electron chi connectivity index (χ1n) is 9.32. The molecule has 0 bridgehead atoms. The fourth-order valence-corrected chi connectivity index (χ4v) is 3.33. The molecule has 1 aromatic carbocycles. The molecule has 0 radical (unpaired) electrons. The van der Waals surface area contributed by atoms with Gasteiger partial charge in [0, 0.05) is 37.9 Å². The summed E-state index contributed by atoms with van der Waals surface area (Å²) in [6, 6.07) is 3.98. The van der Waals surface area contributed by atoms with Gasteiger partial charge in [0.25, 0.3) is 0 Å². The number of aromatic amines is 1. The summed E-state index contributed by atoms with van der Waals surface area (Å²) in [5.74, 6) is -3.84. The number of amides is 2. The smallest absolute Gasteiger partial charge is 0.406 e. The second kappa shape index (κ2) is 7.98. The molecular formula is C19H15F4N5O4. The second-order valence-electron chi connectivity index (χ2n) is 6.98. The normalized spacial score (nSPS) is 14.6. The van der Waals surface area contributed by atoms with Gasteiger partial charge in [0.1, 0.15) is 5.82 Å². The number of H-pyrrole nitrogens is 1. The number of nitrogens with one attached hydrogen (secondary N) is 2. The largest absolute Gasteiger partial charge is 0.419 e. The first kappa shape index (κ1) is 21.3. The average Bonchev–Trinajstić information content (AvgIpc) is 3.11. The number of alkyl halides is 3. The van der Waals surface area contributed by atoms with Crippen LogP contribution in [0.15, 0.2) is 39.7 Å². The van der Waals surface area contributed by atoms with E-state index in [1.807, 2.05) is 0 Å². The Hall–Kier alpha value is -3.90. The van der Waals surface area contributed by atoms with Crippen LogP contribution in [0.5, 0.6) is 0 Å². The molecule has 2 aromatic heterocycles. The van der Waals surface area contributed by atoms with Gasteiger partial charge in [-0.05, 0) is 18.2 Å². The summed E-state index contributed by atoms with van der Waals surface area (Å²) in [7, 11) is 0. The number of hydrogen-bond donors (Lipinski definition) is 2. The van der Waals surface area contributed by atoms with E-state index >= 15 is 0 Å². The Morgan fingerprint density at radius 1 is 1.12 bits per heavy atom. The highest BCUT2D eigenvalue weighted by atomic mass is 19.4. The summed E-state index contributed by atoms with van der Waals surface area (Å²) in [5.41, 5.74) is -0.650. The molecule has 3 aromatic rings. The minimum atomic E-state index is -4.78. The maximum Gasteiger partial charge on any atom is 0.419 e.